The van der Waals surface area contributed by atoms with Gasteiger partial charge in [0.15, 0.2) is 0 Å². The predicted molar refractivity (Wildman–Crippen MR) is 107 cm³/mol. The minimum Gasteiger partial charge on any atom is -0.350 e. The predicted octanol–water partition coefficient (Wildman–Crippen LogP) is 4.00. The zero-order valence-corrected chi connectivity index (χ0v) is 16.2. The average molecular weight is 391 g/mol. The summed E-state index contributed by atoms with van der Waals surface area (Å²) in [6.45, 7) is 2.12. The monoisotopic (exact) mass is 391 g/mol. The van der Waals surface area contributed by atoms with Crippen molar-refractivity contribution in [2.45, 2.75) is 56.1 Å². The largest absolute Gasteiger partial charge is 0.350 e. The number of amides is 2. The van der Waals surface area contributed by atoms with E-state index in [0.29, 0.717) is 16.8 Å². The van der Waals surface area contributed by atoms with E-state index in [1.807, 2.05) is 11.0 Å². The average Bonchev–Trinajstić information content (AvgIpc) is 3.24. The minimum atomic E-state index is -1.46. The van der Waals surface area contributed by atoms with Crippen LogP contribution in [0.1, 0.15) is 66.4 Å². The molecule has 5 nitrogen and oxygen atoms in total. The van der Waals surface area contributed by atoms with E-state index in [9.17, 15) is 14.0 Å². The van der Waals surface area contributed by atoms with Gasteiger partial charge < -0.3 is 15.5 Å². The molecule has 3 aliphatic heterocycles. The van der Waals surface area contributed by atoms with Gasteiger partial charge in [-0.05, 0) is 55.0 Å². The third-order valence-corrected chi connectivity index (χ3v) is 7.28. The highest BCUT2D eigenvalue weighted by Gasteiger charge is 2.62. The number of anilines is 2. The topological polar surface area (TPSA) is 61.4 Å². The van der Waals surface area contributed by atoms with Crippen LogP contribution in [0, 0.1) is 5.82 Å². The van der Waals surface area contributed by atoms with Crippen LogP contribution in [0.3, 0.4) is 0 Å². The Kier molecular flexibility index (Phi) is 3.15. The first-order chi connectivity index (χ1) is 14.0. The summed E-state index contributed by atoms with van der Waals surface area (Å²) in [7, 11) is 0. The molecule has 4 aliphatic rings. The Morgan fingerprint density at radius 1 is 1.10 bits per heavy atom. The second kappa shape index (κ2) is 5.38. The van der Waals surface area contributed by atoms with Gasteiger partial charge in [0, 0.05) is 16.8 Å². The molecule has 2 aromatic carbocycles. The number of hydrogen-bond acceptors (Lipinski definition) is 3. The lowest BCUT2D eigenvalue weighted by atomic mass is 9.77. The van der Waals surface area contributed by atoms with Crippen LogP contribution in [0.25, 0.3) is 0 Å². The Bertz CT molecular complexity index is 1090. The van der Waals surface area contributed by atoms with Gasteiger partial charge in [0.05, 0.1) is 11.3 Å². The number of hydrogen-bond donors (Lipinski definition) is 2. The molecule has 1 fully saturated rings. The number of fused-ring (bicyclic) bond motifs is 3. The summed E-state index contributed by atoms with van der Waals surface area (Å²) in [5, 5.41) is 6.20. The molecule has 0 saturated heterocycles. The standard InChI is InChI=1S/C23H22FN3O2/c1-13-12-22(8-4-5-9-22)27-19-16(13)10-14(24)11-17(19)23(21(27)29)25-18-7-3-2-6-15(18)20(28)26-23/h2-3,6-7,10-11,13,25H,4-5,8-9,12H2,1H3,(H,26,28)/t13-,23+/m1/s1. The quantitative estimate of drug-likeness (QED) is 0.714. The summed E-state index contributed by atoms with van der Waals surface area (Å²) in [6.07, 6.45) is 4.88. The van der Waals surface area contributed by atoms with Crippen molar-refractivity contribution < 1.29 is 14.0 Å². The molecular weight excluding hydrogens is 369 g/mol. The number of rotatable bonds is 0. The second-order valence-corrected chi connectivity index (χ2v) is 8.94. The molecular formula is C23H22FN3O2. The minimum absolute atomic E-state index is 0.156. The number of nitrogens with one attached hydrogen (secondary N) is 2. The lowest BCUT2D eigenvalue weighted by Crippen LogP contribution is -2.63. The lowest BCUT2D eigenvalue weighted by molar-refractivity contribution is -0.124. The maximum atomic E-state index is 14.7. The third-order valence-electron chi connectivity index (χ3n) is 7.28. The van der Waals surface area contributed by atoms with E-state index in [1.54, 1.807) is 24.3 Å². The first-order valence-electron chi connectivity index (χ1n) is 10.3. The van der Waals surface area contributed by atoms with Crippen molar-refractivity contribution >= 4 is 23.2 Å². The fraction of sp³-hybridized carbons (Fsp3) is 0.391. The molecule has 0 unspecified atom stereocenters. The van der Waals surface area contributed by atoms with Crippen LogP contribution in [-0.2, 0) is 10.5 Å². The molecule has 0 radical (unpaired) electrons. The summed E-state index contributed by atoms with van der Waals surface area (Å²) in [6, 6.07) is 10.1. The molecule has 1 saturated carbocycles. The van der Waals surface area contributed by atoms with E-state index in [2.05, 4.69) is 17.6 Å². The third kappa shape index (κ3) is 1.99. The molecule has 148 valence electrons. The van der Waals surface area contributed by atoms with Crippen molar-refractivity contribution in [2.75, 3.05) is 10.2 Å². The Hall–Kier alpha value is -2.89. The van der Waals surface area contributed by atoms with E-state index in [4.69, 9.17) is 0 Å². The van der Waals surface area contributed by atoms with Crippen LogP contribution in [0.15, 0.2) is 36.4 Å². The highest BCUT2D eigenvalue weighted by Crippen LogP contribution is 2.58. The fourth-order valence-electron chi connectivity index (χ4n) is 6.10. The molecule has 6 heteroatoms. The fourth-order valence-corrected chi connectivity index (χ4v) is 6.10. The Labute approximate surface area is 168 Å². The first-order valence-corrected chi connectivity index (χ1v) is 10.3. The highest BCUT2D eigenvalue weighted by molar-refractivity contribution is 6.16. The van der Waals surface area contributed by atoms with Crippen LogP contribution in [0.2, 0.25) is 0 Å². The molecule has 2 N–H and O–H groups in total. The maximum Gasteiger partial charge on any atom is 0.279 e. The van der Waals surface area contributed by atoms with Crippen LogP contribution >= 0.6 is 0 Å². The molecule has 2 atom stereocenters. The van der Waals surface area contributed by atoms with E-state index in [1.165, 1.54) is 6.07 Å². The van der Waals surface area contributed by atoms with E-state index >= 15 is 0 Å². The van der Waals surface area contributed by atoms with Crippen LogP contribution in [-0.4, -0.2) is 17.4 Å². The molecule has 3 heterocycles. The molecule has 1 aliphatic carbocycles. The molecule has 2 amide bonds. The van der Waals surface area contributed by atoms with Gasteiger partial charge in [0.2, 0.25) is 5.66 Å². The summed E-state index contributed by atoms with van der Waals surface area (Å²) < 4.78 is 14.7. The Balaban J connectivity index is 1.62. The summed E-state index contributed by atoms with van der Waals surface area (Å²) in [5.74, 6) is -0.740. The van der Waals surface area contributed by atoms with Gasteiger partial charge in [0.1, 0.15) is 5.82 Å². The van der Waals surface area contributed by atoms with Gasteiger partial charge in [-0.3, -0.25) is 9.59 Å². The van der Waals surface area contributed by atoms with Crippen molar-refractivity contribution in [3.05, 3.63) is 58.9 Å². The van der Waals surface area contributed by atoms with Crippen LogP contribution < -0.4 is 15.5 Å². The van der Waals surface area contributed by atoms with Crippen LogP contribution in [0.5, 0.6) is 0 Å². The van der Waals surface area contributed by atoms with Gasteiger partial charge in [-0.2, -0.15) is 0 Å². The van der Waals surface area contributed by atoms with Crippen molar-refractivity contribution in [1.29, 1.82) is 0 Å². The summed E-state index contributed by atoms with van der Waals surface area (Å²) >= 11 is 0. The molecule has 0 aromatic heterocycles. The lowest BCUT2D eigenvalue weighted by Gasteiger charge is -2.46. The molecule has 2 aromatic rings. The Morgan fingerprint density at radius 2 is 1.86 bits per heavy atom. The first kappa shape index (κ1) is 17.0. The van der Waals surface area contributed by atoms with Gasteiger partial charge in [-0.1, -0.05) is 31.9 Å². The van der Waals surface area contributed by atoms with Gasteiger partial charge >= 0.3 is 0 Å². The maximum absolute atomic E-state index is 14.7. The number of nitrogens with zero attached hydrogens (tertiary/aromatic N) is 1. The second-order valence-electron chi connectivity index (χ2n) is 8.94. The van der Waals surface area contributed by atoms with Gasteiger partial charge in [-0.25, -0.2) is 4.39 Å². The van der Waals surface area contributed by atoms with Gasteiger partial charge in [-0.15, -0.1) is 0 Å². The molecule has 6 rings (SSSR count). The van der Waals surface area contributed by atoms with E-state index in [-0.39, 0.29) is 29.1 Å². The number of halogens is 1. The van der Waals surface area contributed by atoms with Crippen molar-refractivity contribution in [1.82, 2.24) is 5.32 Å². The van der Waals surface area contributed by atoms with Crippen molar-refractivity contribution in [3.63, 3.8) is 0 Å². The number of para-hydroxylation sites is 1. The molecule has 0 bridgehead atoms. The van der Waals surface area contributed by atoms with Crippen molar-refractivity contribution in [2.24, 2.45) is 0 Å². The number of carbonyl (C=O) groups is 2. The zero-order valence-electron chi connectivity index (χ0n) is 16.2. The number of carbonyl (C=O) groups excluding carboxylic acids is 2. The van der Waals surface area contributed by atoms with E-state index in [0.717, 1.165) is 43.4 Å². The van der Waals surface area contributed by atoms with Crippen LogP contribution in [0.4, 0.5) is 15.8 Å². The zero-order chi connectivity index (χ0) is 20.0. The summed E-state index contributed by atoms with van der Waals surface area (Å²) in [4.78, 5) is 28.9. The van der Waals surface area contributed by atoms with Gasteiger partial charge in [0.25, 0.3) is 11.8 Å². The van der Waals surface area contributed by atoms with E-state index < -0.39 is 5.66 Å². The number of benzene rings is 2. The highest BCUT2D eigenvalue weighted by atomic mass is 19.1. The smallest absolute Gasteiger partial charge is 0.279 e. The normalized spacial score (nSPS) is 28.3. The molecule has 29 heavy (non-hydrogen) atoms. The summed E-state index contributed by atoms with van der Waals surface area (Å²) in [5.41, 5.74) is 1.55. The Morgan fingerprint density at radius 3 is 2.66 bits per heavy atom. The SMILES string of the molecule is C[C@@H]1CC2(CCCC2)N2C(=O)[C@@]3(NC(=O)c4ccccc4N3)c3cc(F)cc1c32. The van der Waals surface area contributed by atoms with Crippen molar-refractivity contribution in [3.8, 4) is 0 Å². The molecule has 2 spiro atoms.